The van der Waals surface area contributed by atoms with E-state index >= 15 is 0 Å². The van der Waals surface area contributed by atoms with E-state index in [0.29, 0.717) is 6.42 Å². The van der Waals surface area contributed by atoms with Crippen molar-refractivity contribution in [1.82, 2.24) is 0 Å². The molecule has 1 unspecified atom stereocenters. The highest BCUT2D eigenvalue weighted by molar-refractivity contribution is 5.14. The standard InChI is InChI=1S/C11H16O2/c1-11(13,9-12)8-7-10-5-3-2-4-6-10/h2-6,12-13H,7-9H2,1H3. The van der Waals surface area contributed by atoms with Crippen molar-refractivity contribution in [3.8, 4) is 0 Å². The van der Waals surface area contributed by atoms with Crippen molar-refractivity contribution >= 4 is 0 Å². The van der Waals surface area contributed by atoms with Gasteiger partial charge in [-0.2, -0.15) is 0 Å². The minimum absolute atomic E-state index is 0.181. The van der Waals surface area contributed by atoms with E-state index in [-0.39, 0.29) is 6.61 Å². The minimum atomic E-state index is -0.949. The third-order valence-corrected chi connectivity index (χ3v) is 2.14. The van der Waals surface area contributed by atoms with Gasteiger partial charge in [0.25, 0.3) is 0 Å². The first-order valence-corrected chi connectivity index (χ1v) is 4.51. The molecule has 1 aromatic carbocycles. The Kier molecular flexibility index (Phi) is 3.46. The molecule has 1 rings (SSSR count). The quantitative estimate of drug-likeness (QED) is 0.734. The van der Waals surface area contributed by atoms with Crippen molar-refractivity contribution in [2.75, 3.05) is 6.61 Å². The second kappa shape index (κ2) is 4.40. The molecule has 0 bridgehead atoms. The summed E-state index contributed by atoms with van der Waals surface area (Å²) in [5.41, 5.74) is 0.242. The van der Waals surface area contributed by atoms with Gasteiger partial charge in [0.15, 0.2) is 0 Å². The molecule has 2 heteroatoms. The van der Waals surface area contributed by atoms with Gasteiger partial charge in [0.05, 0.1) is 12.2 Å². The topological polar surface area (TPSA) is 40.5 Å². The summed E-state index contributed by atoms with van der Waals surface area (Å²) >= 11 is 0. The highest BCUT2D eigenvalue weighted by atomic mass is 16.3. The molecule has 72 valence electrons. The van der Waals surface area contributed by atoms with Crippen LogP contribution in [0, 0.1) is 0 Å². The minimum Gasteiger partial charge on any atom is -0.393 e. The summed E-state index contributed by atoms with van der Waals surface area (Å²) in [4.78, 5) is 0. The second-order valence-corrected chi connectivity index (χ2v) is 3.64. The first-order valence-electron chi connectivity index (χ1n) is 4.51. The van der Waals surface area contributed by atoms with E-state index in [4.69, 9.17) is 5.11 Å². The van der Waals surface area contributed by atoms with Gasteiger partial charge in [-0.05, 0) is 25.3 Å². The van der Waals surface area contributed by atoms with Crippen LogP contribution in [0.1, 0.15) is 18.9 Å². The molecule has 0 radical (unpaired) electrons. The lowest BCUT2D eigenvalue weighted by atomic mass is 9.98. The smallest absolute Gasteiger partial charge is 0.0852 e. The molecule has 0 fully saturated rings. The molecule has 0 saturated heterocycles. The van der Waals surface area contributed by atoms with Crippen molar-refractivity contribution in [2.45, 2.75) is 25.4 Å². The Labute approximate surface area is 78.8 Å². The Morgan fingerprint density at radius 3 is 2.38 bits per heavy atom. The van der Waals surface area contributed by atoms with Crippen LogP contribution in [-0.2, 0) is 6.42 Å². The lowest BCUT2D eigenvalue weighted by Crippen LogP contribution is -2.29. The van der Waals surface area contributed by atoms with Crippen molar-refractivity contribution in [1.29, 1.82) is 0 Å². The Bertz CT molecular complexity index is 242. The van der Waals surface area contributed by atoms with Crippen LogP contribution in [0.3, 0.4) is 0 Å². The van der Waals surface area contributed by atoms with Gasteiger partial charge in [-0.15, -0.1) is 0 Å². The highest BCUT2D eigenvalue weighted by Crippen LogP contribution is 2.12. The Hall–Kier alpha value is -0.860. The van der Waals surface area contributed by atoms with Crippen LogP contribution in [0.5, 0.6) is 0 Å². The number of aliphatic hydroxyl groups excluding tert-OH is 1. The average Bonchev–Trinajstić information content (AvgIpc) is 2.17. The normalized spacial score (nSPS) is 15.3. The summed E-state index contributed by atoms with van der Waals surface area (Å²) in [6.07, 6.45) is 1.39. The van der Waals surface area contributed by atoms with Crippen LogP contribution in [0.2, 0.25) is 0 Å². The molecule has 0 aliphatic rings. The Balaban J connectivity index is 2.44. The van der Waals surface area contributed by atoms with Crippen LogP contribution in [0.25, 0.3) is 0 Å². The van der Waals surface area contributed by atoms with Crippen LogP contribution >= 0.6 is 0 Å². The van der Waals surface area contributed by atoms with E-state index < -0.39 is 5.60 Å². The highest BCUT2D eigenvalue weighted by Gasteiger charge is 2.17. The van der Waals surface area contributed by atoms with E-state index in [1.54, 1.807) is 6.92 Å². The number of aliphatic hydroxyl groups is 2. The van der Waals surface area contributed by atoms with Crippen LogP contribution in [-0.4, -0.2) is 22.4 Å². The lowest BCUT2D eigenvalue weighted by molar-refractivity contribution is -0.00474. The van der Waals surface area contributed by atoms with Gasteiger partial charge in [-0.1, -0.05) is 30.3 Å². The number of hydrogen-bond acceptors (Lipinski definition) is 2. The predicted molar refractivity (Wildman–Crippen MR) is 52.5 cm³/mol. The van der Waals surface area contributed by atoms with Crippen LogP contribution in [0.4, 0.5) is 0 Å². The molecule has 0 aliphatic heterocycles. The van der Waals surface area contributed by atoms with E-state index in [1.807, 2.05) is 30.3 Å². The van der Waals surface area contributed by atoms with E-state index in [1.165, 1.54) is 5.56 Å². The predicted octanol–water partition coefficient (Wildman–Crippen LogP) is 1.36. The molecular weight excluding hydrogens is 164 g/mol. The largest absolute Gasteiger partial charge is 0.393 e. The van der Waals surface area contributed by atoms with E-state index in [9.17, 15) is 5.11 Å². The molecule has 2 nitrogen and oxygen atoms in total. The SMILES string of the molecule is CC(O)(CO)CCc1ccccc1. The van der Waals surface area contributed by atoms with Gasteiger partial charge in [-0.3, -0.25) is 0 Å². The molecule has 0 aliphatic carbocycles. The van der Waals surface area contributed by atoms with E-state index in [0.717, 1.165) is 6.42 Å². The number of hydrogen-bond donors (Lipinski definition) is 2. The molecule has 0 heterocycles. The summed E-state index contributed by atoms with van der Waals surface area (Å²) in [6.45, 7) is 1.47. The molecule has 2 N–H and O–H groups in total. The van der Waals surface area contributed by atoms with Gasteiger partial charge in [0.2, 0.25) is 0 Å². The first kappa shape index (κ1) is 10.2. The lowest BCUT2D eigenvalue weighted by Gasteiger charge is -2.19. The molecule has 0 amide bonds. The molecular formula is C11H16O2. The maximum atomic E-state index is 9.53. The van der Waals surface area contributed by atoms with Crippen molar-refractivity contribution in [3.63, 3.8) is 0 Å². The zero-order valence-corrected chi connectivity index (χ0v) is 7.90. The summed E-state index contributed by atoms with van der Waals surface area (Å²) in [5.74, 6) is 0. The fraction of sp³-hybridized carbons (Fsp3) is 0.455. The molecule has 1 aromatic rings. The fourth-order valence-electron chi connectivity index (χ4n) is 1.14. The average molecular weight is 180 g/mol. The maximum absolute atomic E-state index is 9.53. The van der Waals surface area contributed by atoms with Crippen molar-refractivity contribution in [3.05, 3.63) is 35.9 Å². The third-order valence-electron chi connectivity index (χ3n) is 2.14. The third kappa shape index (κ3) is 3.57. The number of aryl methyl sites for hydroxylation is 1. The molecule has 0 aromatic heterocycles. The van der Waals surface area contributed by atoms with Crippen molar-refractivity contribution < 1.29 is 10.2 Å². The summed E-state index contributed by atoms with van der Waals surface area (Å²) < 4.78 is 0. The molecule has 0 spiro atoms. The zero-order valence-electron chi connectivity index (χ0n) is 7.90. The Morgan fingerprint density at radius 1 is 1.23 bits per heavy atom. The van der Waals surface area contributed by atoms with Crippen LogP contribution < -0.4 is 0 Å². The first-order chi connectivity index (χ1) is 6.14. The Morgan fingerprint density at radius 2 is 1.85 bits per heavy atom. The zero-order chi connectivity index (χ0) is 9.73. The van der Waals surface area contributed by atoms with Crippen molar-refractivity contribution in [2.24, 2.45) is 0 Å². The van der Waals surface area contributed by atoms with Gasteiger partial charge in [0, 0.05) is 0 Å². The van der Waals surface area contributed by atoms with Gasteiger partial charge < -0.3 is 10.2 Å². The van der Waals surface area contributed by atoms with E-state index in [2.05, 4.69) is 0 Å². The summed E-state index contributed by atoms with van der Waals surface area (Å²) in [6, 6.07) is 9.96. The van der Waals surface area contributed by atoms with Gasteiger partial charge >= 0.3 is 0 Å². The molecule has 1 atom stereocenters. The molecule has 13 heavy (non-hydrogen) atoms. The number of rotatable bonds is 4. The van der Waals surface area contributed by atoms with Gasteiger partial charge in [-0.25, -0.2) is 0 Å². The van der Waals surface area contributed by atoms with Crippen LogP contribution in [0.15, 0.2) is 30.3 Å². The summed E-state index contributed by atoms with van der Waals surface area (Å²) in [7, 11) is 0. The van der Waals surface area contributed by atoms with Gasteiger partial charge in [0.1, 0.15) is 0 Å². The maximum Gasteiger partial charge on any atom is 0.0852 e. The number of benzene rings is 1. The summed E-state index contributed by atoms with van der Waals surface area (Å²) in [5, 5.41) is 18.4. The second-order valence-electron chi connectivity index (χ2n) is 3.64. The monoisotopic (exact) mass is 180 g/mol. The fourth-order valence-corrected chi connectivity index (χ4v) is 1.14. The molecule has 0 saturated carbocycles.